The number of hydrogen-bond donors (Lipinski definition) is 2. The molecule has 6 nitrogen and oxygen atoms in total. The van der Waals surface area contributed by atoms with E-state index in [0.29, 0.717) is 11.4 Å². The smallest absolute Gasteiger partial charge is 0.278 e. The summed E-state index contributed by atoms with van der Waals surface area (Å²) in [5, 5.41) is 6.71. The minimum absolute atomic E-state index is 0.224. The molecule has 0 spiro atoms. The molecule has 0 aromatic carbocycles. The summed E-state index contributed by atoms with van der Waals surface area (Å²) in [4.78, 5) is 15.9. The molecule has 0 bridgehead atoms. The van der Waals surface area contributed by atoms with Crippen LogP contribution >= 0.6 is 0 Å². The highest BCUT2D eigenvalue weighted by molar-refractivity contribution is 6.06. The second kappa shape index (κ2) is 4.25. The summed E-state index contributed by atoms with van der Waals surface area (Å²) < 4.78 is 1.50. The van der Waals surface area contributed by atoms with Crippen LogP contribution in [0.4, 0.5) is 11.4 Å². The largest absolute Gasteiger partial charge is 0.396 e. The van der Waals surface area contributed by atoms with Crippen LogP contribution in [0.3, 0.4) is 0 Å². The van der Waals surface area contributed by atoms with Gasteiger partial charge in [0.05, 0.1) is 5.69 Å². The van der Waals surface area contributed by atoms with Gasteiger partial charge in [-0.1, -0.05) is 0 Å². The molecule has 2 aromatic rings. The number of aromatic nitrogens is 3. The van der Waals surface area contributed by atoms with Crippen LogP contribution in [0, 0.1) is 6.92 Å². The highest BCUT2D eigenvalue weighted by Gasteiger charge is 2.13. The van der Waals surface area contributed by atoms with E-state index in [1.165, 1.54) is 4.68 Å². The van der Waals surface area contributed by atoms with Crippen molar-refractivity contribution in [3.63, 3.8) is 0 Å². The summed E-state index contributed by atoms with van der Waals surface area (Å²) in [6, 6.07) is 3.49. The second-order valence-electron chi connectivity index (χ2n) is 3.75. The maximum absolute atomic E-state index is 11.9. The summed E-state index contributed by atoms with van der Waals surface area (Å²) in [5.41, 5.74) is 7.75. The van der Waals surface area contributed by atoms with E-state index in [9.17, 15) is 4.79 Å². The van der Waals surface area contributed by atoms with Crippen LogP contribution < -0.4 is 11.1 Å². The highest BCUT2D eigenvalue weighted by atomic mass is 16.2. The third kappa shape index (κ3) is 2.41. The predicted octanol–water partition coefficient (Wildman–Crippen LogP) is 0.958. The van der Waals surface area contributed by atoms with E-state index in [0.717, 1.165) is 5.69 Å². The van der Waals surface area contributed by atoms with Gasteiger partial charge in [-0.25, -0.2) is 0 Å². The topological polar surface area (TPSA) is 85.8 Å². The molecule has 3 N–H and O–H groups in total. The van der Waals surface area contributed by atoms with E-state index < -0.39 is 0 Å². The van der Waals surface area contributed by atoms with Crippen molar-refractivity contribution in [2.24, 2.45) is 7.05 Å². The van der Waals surface area contributed by atoms with Gasteiger partial charge in [0.1, 0.15) is 0 Å². The molecule has 2 aromatic heterocycles. The highest BCUT2D eigenvalue weighted by Crippen LogP contribution is 2.12. The van der Waals surface area contributed by atoms with Gasteiger partial charge in [0.15, 0.2) is 5.69 Å². The Morgan fingerprint density at radius 3 is 2.88 bits per heavy atom. The van der Waals surface area contributed by atoms with Crippen molar-refractivity contribution in [3.8, 4) is 0 Å². The molecule has 0 aliphatic heterocycles. The average molecular weight is 231 g/mol. The molecule has 88 valence electrons. The SMILES string of the molecule is Cc1cc(NC(=O)c2nn(C)cc2N)ccn1. The van der Waals surface area contributed by atoms with Crippen LogP contribution in [0.15, 0.2) is 24.5 Å². The molecule has 0 aliphatic rings. The van der Waals surface area contributed by atoms with Crippen molar-refractivity contribution in [3.05, 3.63) is 35.9 Å². The molecule has 2 rings (SSSR count). The molecule has 0 atom stereocenters. The molecular weight excluding hydrogens is 218 g/mol. The standard InChI is InChI=1S/C11H13N5O/c1-7-5-8(3-4-13-7)14-11(17)10-9(12)6-16(2)15-10/h3-6H,12H2,1-2H3,(H,13,14,17). The third-order valence-corrected chi connectivity index (χ3v) is 2.23. The number of amides is 1. The Morgan fingerprint density at radius 2 is 2.29 bits per heavy atom. The van der Waals surface area contributed by atoms with Crippen molar-refractivity contribution in [2.75, 3.05) is 11.1 Å². The van der Waals surface area contributed by atoms with Crippen molar-refractivity contribution in [2.45, 2.75) is 6.92 Å². The predicted molar refractivity (Wildman–Crippen MR) is 64.5 cm³/mol. The Labute approximate surface area is 98.5 Å². The molecule has 0 fully saturated rings. The van der Waals surface area contributed by atoms with Gasteiger partial charge in [0, 0.05) is 30.8 Å². The van der Waals surface area contributed by atoms with E-state index in [1.807, 2.05) is 6.92 Å². The summed E-state index contributed by atoms with van der Waals surface area (Å²) in [6.45, 7) is 1.85. The first-order valence-corrected chi connectivity index (χ1v) is 5.09. The number of anilines is 2. The lowest BCUT2D eigenvalue weighted by Gasteiger charge is -2.03. The van der Waals surface area contributed by atoms with Crippen LogP contribution in [0.5, 0.6) is 0 Å². The number of nitrogens with two attached hydrogens (primary N) is 1. The summed E-state index contributed by atoms with van der Waals surface area (Å²) in [7, 11) is 1.71. The minimum atomic E-state index is -0.325. The molecule has 2 heterocycles. The monoisotopic (exact) mass is 231 g/mol. The number of aryl methyl sites for hydroxylation is 2. The second-order valence-corrected chi connectivity index (χ2v) is 3.75. The fraction of sp³-hybridized carbons (Fsp3) is 0.182. The molecule has 0 saturated carbocycles. The Bertz CT molecular complexity index is 561. The number of pyridine rings is 1. The Hall–Kier alpha value is -2.37. The Balaban J connectivity index is 2.20. The van der Waals surface area contributed by atoms with E-state index in [-0.39, 0.29) is 11.6 Å². The quantitative estimate of drug-likeness (QED) is 0.806. The van der Waals surface area contributed by atoms with E-state index >= 15 is 0 Å². The van der Waals surface area contributed by atoms with Gasteiger partial charge in [-0.3, -0.25) is 14.5 Å². The van der Waals surface area contributed by atoms with Crippen LogP contribution in [0.25, 0.3) is 0 Å². The first-order chi connectivity index (χ1) is 8.06. The molecule has 0 radical (unpaired) electrons. The molecule has 0 saturated heterocycles. The molecule has 6 heteroatoms. The van der Waals surface area contributed by atoms with Crippen LogP contribution in [-0.4, -0.2) is 20.7 Å². The summed E-state index contributed by atoms with van der Waals surface area (Å²) >= 11 is 0. The first-order valence-electron chi connectivity index (χ1n) is 5.09. The molecule has 17 heavy (non-hydrogen) atoms. The zero-order chi connectivity index (χ0) is 12.4. The maximum atomic E-state index is 11.9. The van der Waals surface area contributed by atoms with E-state index in [4.69, 9.17) is 5.73 Å². The number of nitrogen functional groups attached to an aromatic ring is 1. The maximum Gasteiger partial charge on any atom is 0.278 e. The fourth-order valence-electron chi connectivity index (χ4n) is 1.50. The zero-order valence-electron chi connectivity index (χ0n) is 9.64. The van der Waals surface area contributed by atoms with Gasteiger partial charge >= 0.3 is 0 Å². The first kappa shape index (κ1) is 11.1. The van der Waals surface area contributed by atoms with Gasteiger partial charge in [-0.15, -0.1) is 0 Å². The lowest BCUT2D eigenvalue weighted by molar-refractivity contribution is 0.102. The minimum Gasteiger partial charge on any atom is -0.396 e. The molecule has 0 aliphatic carbocycles. The number of carbonyl (C=O) groups is 1. The van der Waals surface area contributed by atoms with E-state index in [1.54, 1.807) is 31.6 Å². The summed E-state index contributed by atoms with van der Waals surface area (Å²) in [5.74, 6) is -0.325. The van der Waals surface area contributed by atoms with E-state index in [2.05, 4.69) is 15.4 Å². The lowest BCUT2D eigenvalue weighted by atomic mass is 10.3. The third-order valence-electron chi connectivity index (χ3n) is 2.23. The van der Waals surface area contributed by atoms with Gasteiger partial charge < -0.3 is 11.1 Å². The van der Waals surface area contributed by atoms with Crippen LogP contribution in [0.2, 0.25) is 0 Å². The normalized spacial score (nSPS) is 10.2. The van der Waals surface area contributed by atoms with Gasteiger partial charge in [-0.05, 0) is 19.1 Å². The van der Waals surface area contributed by atoms with Crippen molar-refractivity contribution in [1.82, 2.24) is 14.8 Å². The average Bonchev–Trinajstić information content (AvgIpc) is 2.58. The van der Waals surface area contributed by atoms with Gasteiger partial charge in [0.25, 0.3) is 5.91 Å². The number of nitrogens with one attached hydrogen (secondary N) is 1. The lowest BCUT2D eigenvalue weighted by Crippen LogP contribution is -2.14. The van der Waals surface area contributed by atoms with Gasteiger partial charge in [-0.2, -0.15) is 5.10 Å². The number of rotatable bonds is 2. The fourth-order valence-corrected chi connectivity index (χ4v) is 1.50. The van der Waals surface area contributed by atoms with Crippen molar-refractivity contribution < 1.29 is 4.79 Å². The van der Waals surface area contributed by atoms with Crippen LogP contribution in [0.1, 0.15) is 16.2 Å². The Morgan fingerprint density at radius 1 is 1.53 bits per heavy atom. The Kier molecular flexibility index (Phi) is 2.78. The summed E-state index contributed by atoms with van der Waals surface area (Å²) in [6.07, 6.45) is 3.22. The number of hydrogen-bond acceptors (Lipinski definition) is 4. The van der Waals surface area contributed by atoms with Crippen LogP contribution in [-0.2, 0) is 7.05 Å². The number of nitrogens with zero attached hydrogens (tertiary/aromatic N) is 3. The van der Waals surface area contributed by atoms with Crippen molar-refractivity contribution in [1.29, 1.82) is 0 Å². The molecule has 0 unspecified atom stereocenters. The zero-order valence-corrected chi connectivity index (χ0v) is 9.64. The molecular formula is C11H13N5O. The molecule has 1 amide bonds. The van der Waals surface area contributed by atoms with Crippen molar-refractivity contribution >= 4 is 17.3 Å². The van der Waals surface area contributed by atoms with Gasteiger partial charge in [0.2, 0.25) is 0 Å². The number of carbonyl (C=O) groups excluding carboxylic acids is 1.